The van der Waals surface area contributed by atoms with Gasteiger partial charge >= 0.3 is 0 Å². The van der Waals surface area contributed by atoms with E-state index >= 15 is 0 Å². The Hall–Kier alpha value is -6.78. The van der Waals surface area contributed by atoms with Crippen LogP contribution in [0.4, 0.5) is 51.2 Å². The van der Waals surface area contributed by atoms with Crippen LogP contribution in [0.3, 0.4) is 0 Å². The number of benzene rings is 6. The molecule has 0 aliphatic rings. The first-order chi connectivity index (χ1) is 31.6. The van der Waals surface area contributed by atoms with Crippen molar-refractivity contribution in [1.82, 2.24) is 0 Å². The van der Waals surface area contributed by atoms with Gasteiger partial charge in [0.1, 0.15) is 21.2 Å². The van der Waals surface area contributed by atoms with Crippen molar-refractivity contribution in [2.45, 2.75) is 62.1 Å². The van der Waals surface area contributed by atoms with Gasteiger partial charge in [-0.05, 0) is 165 Å². The number of aromatic hydroxyl groups is 1. The van der Waals surface area contributed by atoms with Crippen LogP contribution < -0.4 is 5.73 Å². The second kappa shape index (κ2) is 19.4. The third-order valence-electron chi connectivity index (χ3n) is 10.2. The molecule has 26 heteroatoms. The van der Waals surface area contributed by atoms with Gasteiger partial charge in [-0.1, -0.05) is 0 Å². The van der Waals surface area contributed by atoms with E-state index in [1.54, 1.807) is 65.0 Å². The molecule has 0 aromatic heterocycles. The number of hydrogen-bond donors (Lipinski definition) is 6. The molecule has 7 N–H and O–H groups in total. The highest BCUT2D eigenvalue weighted by Gasteiger charge is 2.23. The molecular formula is C42H41N9O13S4. The summed E-state index contributed by atoms with van der Waals surface area (Å²) in [5.41, 5.74) is 10.7. The van der Waals surface area contributed by atoms with Crippen molar-refractivity contribution in [2.75, 3.05) is 11.5 Å². The smallest absolute Gasteiger partial charge is 0.296 e. The van der Waals surface area contributed by atoms with Gasteiger partial charge in [-0.2, -0.15) is 64.4 Å². The molecule has 6 rings (SSSR count). The molecule has 0 atom stereocenters. The van der Waals surface area contributed by atoms with E-state index in [1.165, 1.54) is 24.3 Å². The second-order valence-electron chi connectivity index (χ2n) is 15.4. The first-order valence-corrected chi connectivity index (χ1v) is 25.6. The van der Waals surface area contributed by atoms with Crippen LogP contribution in [0, 0.1) is 34.6 Å². The number of azo groups is 4. The van der Waals surface area contributed by atoms with E-state index in [1.807, 2.05) is 0 Å². The minimum absolute atomic E-state index is 0.0427. The van der Waals surface area contributed by atoms with Crippen LogP contribution in [-0.4, -0.2) is 62.7 Å². The fourth-order valence-corrected chi connectivity index (χ4v) is 9.00. The van der Waals surface area contributed by atoms with Gasteiger partial charge in [-0.15, -0.1) is 10.2 Å². The molecule has 0 unspecified atom stereocenters. The molecular weight excluding hydrogens is 967 g/mol. The zero-order valence-electron chi connectivity index (χ0n) is 36.4. The molecule has 68 heavy (non-hydrogen) atoms. The van der Waals surface area contributed by atoms with E-state index in [0.717, 1.165) is 18.2 Å². The van der Waals surface area contributed by atoms with Crippen LogP contribution in [-0.2, 0) is 46.9 Å². The largest absolute Gasteiger partial charge is 0.505 e. The minimum Gasteiger partial charge on any atom is -0.505 e. The number of nitrogens with zero attached hydrogens (tertiary/aromatic N) is 8. The van der Waals surface area contributed by atoms with Crippen molar-refractivity contribution in [1.29, 1.82) is 0 Å². The third kappa shape index (κ3) is 12.2. The molecule has 6 aromatic carbocycles. The summed E-state index contributed by atoms with van der Waals surface area (Å²) >= 11 is 0. The highest BCUT2D eigenvalue weighted by molar-refractivity contribution is 7.87. The Labute approximate surface area is 390 Å². The minimum atomic E-state index is -5.04. The topological polar surface area (TPSA) is 363 Å². The van der Waals surface area contributed by atoms with Crippen molar-refractivity contribution in [3.05, 3.63) is 112 Å². The van der Waals surface area contributed by atoms with E-state index in [-0.39, 0.29) is 29.3 Å². The molecule has 0 aliphatic heterocycles. The Morgan fingerprint density at radius 2 is 0.912 bits per heavy atom. The van der Waals surface area contributed by atoms with Crippen LogP contribution in [0.15, 0.2) is 134 Å². The van der Waals surface area contributed by atoms with Crippen molar-refractivity contribution >= 4 is 102 Å². The lowest BCUT2D eigenvalue weighted by Crippen LogP contribution is -2.05. The highest BCUT2D eigenvalue weighted by atomic mass is 32.2. The fraction of sp³-hybridized carbons (Fsp3) is 0.190. The first kappa shape index (κ1) is 50.6. The average molecular weight is 1010 g/mol. The van der Waals surface area contributed by atoms with Crippen LogP contribution in [0.5, 0.6) is 5.75 Å². The van der Waals surface area contributed by atoms with Crippen molar-refractivity contribution in [2.24, 2.45) is 40.9 Å². The van der Waals surface area contributed by atoms with E-state index in [4.69, 9.17) is 5.73 Å². The molecule has 0 radical (unpaired) electrons. The molecule has 0 fully saturated rings. The first-order valence-electron chi connectivity index (χ1n) is 19.7. The average Bonchev–Trinajstić information content (AvgIpc) is 3.22. The Balaban J connectivity index is 1.27. The summed E-state index contributed by atoms with van der Waals surface area (Å²) in [7, 11) is -19.0. The monoisotopic (exact) mass is 1010 g/mol. The van der Waals surface area contributed by atoms with Crippen molar-refractivity contribution in [3.63, 3.8) is 0 Å². The lowest BCUT2D eigenvalue weighted by Gasteiger charge is -2.10. The second-order valence-corrected chi connectivity index (χ2v) is 21.2. The molecule has 0 heterocycles. The maximum Gasteiger partial charge on any atom is 0.296 e. The van der Waals surface area contributed by atoms with Gasteiger partial charge in [0.05, 0.1) is 44.8 Å². The van der Waals surface area contributed by atoms with Gasteiger partial charge in [-0.3, -0.25) is 18.2 Å². The summed E-state index contributed by atoms with van der Waals surface area (Å²) in [6.07, 6.45) is 0.00852. The van der Waals surface area contributed by atoms with Crippen LogP contribution in [0.25, 0.3) is 10.8 Å². The number of hydrogen-bond acceptors (Lipinski definition) is 18. The molecule has 22 nitrogen and oxygen atoms in total. The molecule has 0 bridgehead atoms. The Morgan fingerprint density at radius 3 is 1.38 bits per heavy atom. The van der Waals surface area contributed by atoms with E-state index in [0.29, 0.717) is 73.6 Å². The number of nitrogen functional groups attached to an aromatic ring is 1. The molecule has 356 valence electrons. The van der Waals surface area contributed by atoms with E-state index < -0.39 is 78.0 Å². The predicted octanol–water partition coefficient (Wildman–Crippen LogP) is 10.9. The SMILES string of the molecule is Cc1cc(N=Nc2cc(C)c(N=Nc3ccc(S(=O)(=O)O)cc3S(=O)(=O)O)cc2CCCS(=O)(=O)O)c(C)cc1N=Nc1cc(C)c(N=Nc2c(S(=O)(=O)O)cc3cc(N)ccc3c2O)cc1C. The number of anilines is 1. The number of phenols is 1. The number of nitrogens with two attached hydrogens (primary N) is 1. The standard InChI is InChI=1S/C42H41N9O13S4/c1-22-14-35(47-50-38-17-26(5)37(19-27(38)7-6-12-65(53,54)55)48-44-32-11-9-30(66(56,57)58)21-39(32)67(59,60)61)23(2)13-33(22)45-46-34-15-25(4)36(16-24(34)3)49-51-41-40(68(62,63)64)20-28-18-29(43)8-10-31(28)42(41)52/h8-11,13-21,52H,6-7,12,43H2,1-5H3,(H,53,54,55)(H,56,57,58)(H,59,60,61)(H,62,63,64). The summed E-state index contributed by atoms with van der Waals surface area (Å²) in [6.45, 7) is 8.63. The zero-order chi connectivity index (χ0) is 50.1. The van der Waals surface area contributed by atoms with Gasteiger partial charge in [0.25, 0.3) is 40.5 Å². The molecule has 0 spiro atoms. The van der Waals surface area contributed by atoms with Crippen LogP contribution in [0.1, 0.15) is 39.8 Å². The van der Waals surface area contributed by atoms with E-state index in [2.05, 4.69) is 40.9 Å². The predicted molar refractivity (Wildman–Crippen MR) is 250 cm³/mol. The van der Waals surface area contributed by atoms with Crippen LogP contribution >= 0.6 is 0 Å². The molecule has 0 amide bonds. The number of fused-ring (bicyclic) bond motifs is 1. The summed E-state index contributed by atoms with van der Waals surface area (Å²) in [4.78, 5) is -2.41. The maximum absolute atomic E-state index is 12.3. The highest BCUT2D eigenvalue weighted by Crippen LogP contribution is 2.43. The normalized spacial score (nSPS) is 13.0. The van der Waals surface area contributed by atoms with Gasteiger partial charge < -0.3 is 10.8 Å². The Bertz CT molecular complexity index is 3640. The van der Waals surface area contributed by atoms with Gasteiger partial charge in [0, 0.05) is 11.1 Å². The summed E-state index contributed by atoms with van der Waals surface area (Å²) in [6, 6.07) is 17.7. The molecule has 0 saturated carbocycles. The quantitative estimate of drug-likeness (QED) is 0.0316. The molecule has 0 aliphatic carbocycles. The number of aryl methyl sites for hydroxylation is 6. The lowest BCUT2D eigenvalue weighted by molar-refractivity contribution is 0.472. The van der Waals surface area contributed by atoms with Gasteiger partial charge in [0.2, 0.25) is 0 Å². The number of phenolic OH excluding ortho intramolecular Hbond substituents is 1. The molecule has 6 aromatic rings. The Morgan fingerprint density at radius 1 is 0.471 bits per heavy atom. The fourth-order valence-electron chi connectivity index (χ4n) is 6.61. The summed E-state index contributed by atoms with van der Waals surface area (Å²) in [5.74, 6) is -1.10. The van der Waals surface area contributed by atoms with Crippen LogP contribution in [0.2, 0.25) is 0 Å². The third-order valence-corrected chi connectivity index (χ3v) is 13.6. The van der Waals surface area contributed by atoms with E-state index in [9.17, 15) is 57.0 Å². The van der Waals surface area contributed by atoms with Crippen molar-refractivity contribution in [3.8, 4) is 5.75 Å². The van der Waals surface area contributed by atoms with Gasteiger partial charge in [-0.25, -0.2) is 0 Å². The summed E-state index contributed by atoms with van der Waals surface area (Å²) < 4.78 is 133. The lowest BCUT2D eigenvalue weighted by atomic mass is 10.0. The van der Waals surface area contributed by atoms with Crippen molar-refractivity contribution < 1.29 is 57.0 Å². The Kier molecular flexibility index (Phi) is 14.5. The zero-order valence-corrected chi connectivity index (χ0v) is 39.7. The van der Waals surface area contributed by atoms with Gasteiger partial charge in [0.15, 0.2) is 5.75 Å². The number of rotatable bonds is 15. The maximum atomic E-state index is 12.3. The molecule has 0 saturated heterocycles. The summed E-state index contributed by atoms with van der Waals surface area (Å²) in [5, 5.41) is 45.4.